The van der Waals surface area contributed by atoms with Crippen molar-refractivity contribution < 1.29 is 14.3 Å². The zero-order valence-corrected chi connectivity index (χ0v) is 10.4. The monoisotopic (exact) mass is 267 g/mol. The topological polar surface area (TPSA) is 62.5 Å². The molecule has 0 amide bonds. The fraction of sp³-hybridized carbons (Fsp3) is 0.154. The molecule has 5 heteroatoms. The zero-order chi connectivity index (χ0) is 12.1. The number of hydrogen-bond donors (Lipinski definition) is 2. The van der Waals surface area contributed by atoms with E-state index in [0.717, 1.165) is 6.54 Å². The molecule has 1 aromatic carbocycles. The Balaban J connectivity index is 0.00000162. The maximum absolute atomic E-state index is 10.6. The number of carbonyl (C=O) groups is 1. The van der Waals surface area contributed by atoms with Crippen LogP contribution in [0.1, 0.15) is 21.9 Å². The van der Waals surface area contributed by atoms with E-state index in [2.05, 4.69) is 5.32 Å². The molecule has 2 rings (SSSR count). The molecule has 18 heavy (non-hydrogen) atoms. The first-order valence-electron chi connectivity index (χ1n) is 5.32. The molecule has 0 bridgehead atoms. The third-order valence-corrected chi connectivity index (χ3v) is 2.34. The van der Waals surface area contributed by atoms with Crippen LogP contribution in [0, 0.1) is 0 Å². The number of hydrogen-bond acceptors (Lipinski definition) is 3. The van der Waals surface area contributed by atoms with Crippen molar-refractivity contribution in [3.8, 4) is 0 Å². The summed E-state index contributed by atoms with van der Waals surface area (Å²) in [5, 5.41) is 11.9. The van der Waals surface area contributed by atoms with Crippen molar-refractivity contribution in [3.63, 3.8) is 0 Å². The number of benzene rings is 1. The van der Waals surface area contributed by atoms with E-state index in [-0.39, 0.29) is 18.2 Å². The van der Waals surface area contributed by atoms with Crippen LogP contribution in [0.25, 0.3) is 0 Å². The van der Waals surface area contributed by atoms with E-state index < -0.39 is 5.97 Å². The molecule has 0 saturated heterocycles. The SMILES string of the molecule is Cl.O=C(O)c1ccc(CNCc2ccccc2)o1. The van der Waals surface area contributed by atoms with E-state index in [1.54, 1.807) is 6.07 Å². The van der Waals surface area contributed by atoms with Crippen LogP contribution >= 0.6 is 12.4 Å². The molecule has 96 valence electrons. The average Bonchev–Trinajstić information content (AvgIpc) is 2.79. The minimum atomic E-state index is -1.04. The molecule has 4 nitrogen and oxygen atoms in total. The van der Waals surface area contributed by atoms with E-state index >= 15 is 0 Å². The van der Waals surface area contributed by atoms with E-state index in [9.17, 15) is 4.79 Å². The maximum atomic E-state index is 10.6. The lowest BCUT2D eigenvalue weighted by atomic mass is 10.2. The van der Waals surface area contributed by atoms with Crippen molar-refractivity contribution in [1.82, 2.24) is 5.32 Å². The quantitative estimate of drug-likeness (QED) is 0.874. The van der Waals surface area contributed by atoms with Gasteiger partial charge in [-0.15, -0.1) is 12.4 Å². The number of carboxylic acid groups (broad SMARTS) is 1. The van der Waals surface area contributed by atoms with Crippen LogP contribution in [-0.2, 0) is 13.1 Å². The van der Waals surface area contributed by atoms with E-state index in [0.29, 0.717) is 12.3 Å². The lowest BCUT2D eigenvalue weighted by molar-refractivity contribution is 0.0660. The molecule has 0 atom stereocenters. The van der Waals surface area contributed by atoms with Crippen molar-refractivity contribution in [2.45, 2.75) is 13.1 Å². The zero-order valence-electron chi connectivity index (χ0n) is 9.63. The van der Waals surface area contributed by atoms with Crippen molar-refractivity contribution in [2.75, 3.05) is 0 Å². The second-order valence-corrected chi connectivity index (χ2v) is 3.66. The van der Waals surface area contributed by atoms with Gasteiger partial charge in [-0.1, -0.05) is 30.3 Å². The standard InChI is InChI=1S/C13H13NO3.ClH/c15-13(16)12-7-6-11(17-12)9-14-8-10-4-2-1-3-5-10;/h1-7,14H,8-9H2,(H,15,16);1H. The van der Waals surface area contributed by atoms with Gasteiger partial charge in [0.25, 0.3) is 0 Å². The van der Waals surface area contributed by atoms with Crippen molar-refractivity contribution in [1.29, 1.82) is 0 Å². The van der Waals surface area contributed by atoms with Crippen LogP contribution in [-0.4, -0.2) is 11.1 Å². The Hall–Kier alpha value is -1.78. The first-order valence-corrected chi connectivity index (χ1v) is 5.32. The number of rotatable bonds is 5. The summed E-state index contributed by atoms with van der Waals surface area (Å²) in [5.41, 5.74) is 1.18. The van der Waals surface area contributed by atoms with Crippen LogP contribution in [0.3, 0.4) is 0 Å². The van der Waals surface area contributed by atoms with Gasteiger partial charge in [-0.3, -0.25) is 0 Å². The summed E-state index contributed by atoms with van der Waals surface area (Å²) in [7, 11) is 0. The fourth-order valence-corrected chi connectivity index (χ4v) is 1.51. The van der Waals surface area contributed by atoms with Gasteiger partial charge in [0, 0.05) is 6.54 Å². The van der Waals surface area contributed by atoms with Crippen molar-refractivity contribution >= 4 is 18.4 Å². The van der Waals surface area contributed by atoms with E-state index in [4.69, 9.17) is 9.52 Å². The molecule has 0 unspecified atom stereocenters. The van der Waals surface area contributed by atoms with Crippen LogP contribution in [0.2, 0.25) is 0 Å². The highest BCUT2D eigenvalue weighted by Crippen LogP contribution is 2.07. The molecule has 0 aliphatic rings. The molecule has 2 aromatic rings. The highest BCUT2D eigenvalue weighted by molar-refractivity contribution is 5.85. The Morgan fingerprint density at radius 2 is 1.83 bits per heavy atom. The second kappa shape index (κ2) is 6.83. The first kappa shape index (κ1) is 14.3. The summed E-state index contributed by atoms with van der Waals surface area (Å²) in [6.07, 6.45) is 0. The van der Waals surface area contributed by atoms with Crippen LogP contribution in [0.5, 0.6) is 0 Å². The molecular weight excluding hydrogens is 254 g/mol. The van der Waals surface area contributed by atoms with Gasteiger partial charge < -0.3 is 14.8 Å². The molecule has 0 spiro atoms. The van der Waals surface area contributed by atoms with Gasteiger partial charge in [0.2, 0.25) is 5.76 Å². The van der Waals surface area contributed by atoms with Crippen molar-refractivity contribution in [2.24, 2.45) is 0 Å². The third kappa shape index (κ3) is 3.91. The molecule has 1 heterocycles. The largest absolute Gasteiger partial charge is 0.475 e. The Morgan fingerprint density at radius 1 is 1.11 bits per heavy atom. The van der Waals surface area contributed by atoms with Crippen LogP contribution < -0.4 is 5.32 Å². The highest BCUT2D eigenvalue weighted by atomic mass is 35.5. The van der Waals surface area contributed by atoms with Crippen LogP contribution in [0.15, 0.2) is 46.9 Å². The third-order valence-electron chi connectivity index (χ3n) is 2.34. The van der Waals surface area contributed by atoms with Gasteiger partial charge in [-0.05, 0) is 17.7 Å². The number of halogens is 1. The van der Waals surface area contributed by atoms with Crippen molar-refractivity contribution in [3.05, 3.63) is 59.5 Å². The molecule has 0 aliphatic heterocycles. The first-order chi connectivity index (χ1) is 8.25. The highest BCUT2D eigenvalue weighted by Gasteiger charge is 2.08. The lowest BCUT2D eigenvalue weighted by Gasteiger charge is -2.02. The molecule has 1 aromatic heterocycles. The number of nitrogens with one attached hydrogen (secondary N) is 1. The Bertz CT molecular complexity index is 496. The number of aromatic carboxylic acids is 1. The predicted molar refractivity (Wildman–Crippen MR) is 69.9 cm³/mol. The van der Waals surface area contributed by atoms with E-state index in [1.807, 2.05) is 30.3 Å². The van der Waals surface area contributed by atoms with Gasteiger partial charge >= 0.3 is 5.97 Å². The predicted octanol–water partition coefficient (Wildman–Crippen LogP) is 2.69. The fourth-order valence-electron chi connectivity index (χ4n) is 1.51. The second-order valence-electron chi connectivity index (χ2n) is 3.66. The minimum absolute atomic E-state index is 0. The molecule has 0 aliphatic carbocycles. The molecule has 0 radical (unpaired) electrons. The van der Waals surface area contributed by atoms with Gasteiger partial charge in [0.1, 0.15) is 5.76 Å². The molecule has 2 N–H and O–H groups in total. The normalized spacial score (nSPS) is 9.78. The Morgan fingerprint density at radius 3 is 2.44 bits per heavy atom. The van der Waals surface area contributed by atoms with Gasteiger partial charge in [0.05, 0.1) is 6.54 Å². The smallest absolute Gasteiger partial charge is 0.371 e. The average molecular weight is 268 g/mol. The lowest BCUT2D eigenvalue weighted by Crippen LogP contribution is -2.11. The number of carboxylic acids is 1. The maximum Gasteiger partial charge on any atom is 0.371 e. The summed E-state index contributed by atoms with van der Waals surface area (Å²) in [6, 6.07) is 13.1. The minimum Gasteiger partial charge on any atom is -0.475 e. The summed E-state index contributed by atoms with van der Waals surface area (Å²) < 4.78 is 5.12. The van der Waals surface area contributed by atoms with Gasteiger partial charge in [-0.25, -0.2) is 4.79 Å². The van der Waals surface area contributed by atoms with Gasteiger partial charge in [0.15, 0.2) is 0 Å². The molecule has 0 fully saturated rings. The Labute approximate surface area is 111 Å². The van der Waals surface area contributed by atoms with Crippen LogP contribution in [0.4, 0.5) is 0 Å². The van der Waals surface area contributed by atoms with Gasteiger partial charge in [-0.2, -0.15) is 0 Å². The summed E-state index contributed by atoms with van der Waals surface area (Å²) >= 11 is 0. The van der Waals surface area contributed by atoms with E-state index in [1.165, 1.54) is 11.6 Å². The summed E-state index contributed by atoms with van der Waals surface area (Å²) in [5.74, 6) is -0.445. The summed E-state index contributed by atoms with van der Waals surface area (Å²) in [4.78, 5) is 10.6. The molecule has 0 saturated carbocycles. The summed E-state index contributed by atoms with van der Waals surface area (Å²) in [6.45, 7) is 1.24. The molecular formula is C13H14ClNO3. The Kier molecular flexibility index (Phi) is 5.42. The number of furan rings is 1.